The fourth-order valence-corrected chi connectivity index (χ4v) is 4.00. The van der Waals surface area contributed by atoms with Gasteiger partial charge in [-0.3, -0.25) is 14.6 Å². The van der Waals surface area contributed by atoms with Gasteiger partial charge in [-0.05, 0) is 42.9 Å². The Balaban J connectivity index is 1.81. The number of rotatable bonds is 10. The van der Waals surface area contributed by atoms with E-state index in [2.05, 4.69) is 20.6 Å². The Morgan fingerprint density at radius 3 is 2.30 bits per heavy atom. The van der Waals surface area contributed by atoms with Crippen LogP contribution in [0.2, 0.25) is 0 Å². The molecule has 0 aliphatic carbocycles. The van der Waals surface area contributed by atoms with Gasteiger partial charge in [0.2, 0.25) is 5.91 Å². The predicted molar refractivity (Wildman–Crippen MR) is 129 cm³/mol. The van der Waals surface area contributed by atoms with Gasteiger partial charge in [0.15, 0.2) is 0 Å². The number of para-hydroxylation sites is 2. The first-order chi connectivity index (χ1) is 15.9. The van der Waals surface area contributed by atoms with Crippen molar-refractivity contribution in [3.05, 3.63) is 72.1 Å². The quantitative estimate of drug-likeness (QED) is 0.442. The number of hydrogen-bond donors (Lipinski definition) is 3. The summed E-state index contributed by atoms with van der Waals surface area (Å²) in [4.78, 5) is 34.2. The molecule has 1 heterocycles. The minimum absolute atomic E-state index is 0.104. The average molecular weight is 449 g/mol. The number of fused-ring (bicyclic) bond motifs is 1. The van der Waals surface area contributed by atoms with Crippen LogP contribution in [0.25, 0.3) is 11.0 Å². The predicted octanol–water partition coefficient (Wildman–Crippen LogP) is 3.13. The van der Waals surface area contributed by atoms with Crippen LogP contribution >= 0.6 is 0 Å². The lowest BCUT2D eigenvalue weighted by atomic mass is 9.87. The van der Waals surface area contributed by atoms with E-state index in [1.54, 1.807) is 13.1 Å². The number of benzene rings is 2. The van der Waals surface area contributed by atoms with Crippen molar-refractivity contribution >= 4 is 22.8 Å². The van der Waals surface area contributed by atoms with Gasteiger partial charge in [-0.1, -0.05) is 56.3 Å². The van der Waals surface area contributed by atoms with Crippen LogP contribution < -0.4 is 10.6 Å². The van der Waals surface area contributed by atoms with E-state index >= 15 is 0 Å². The normalized spacial score (nSPS) is 14.0. The molecule has 1 aromatic heterocycles. The lowest BCUT2D eigenvalue weighted by Gasteiger charge is -2.28. The Labute approximate surface area is 194 Å². The molecule has 0 radical (unpaired) electrons. The third-order valence-corrected chi connectivity index (χ3v) is 5.66. The standard InChI is InChI=1S/C26H32N4O3/c1-17(2)13-19(25(32)27-3)15-24(31)22(14-18-9-5-4-6-10-18)30-26(33)23-16-28-20-11-7-8-12-21(20)29-23/h4-12,16-17,19,22,24,31H,13-15H2,1-3H3,(H,27,32)(H,30,33)/t19-,22-,24-/m0/s1. The molecule has 7 nitrogen and oxygen atoms in total. The van der Waals surface area contributed by atoms with Gasteiger partial charge in [0.05, 0.1) is 29.4 Å². The molecule has 0 aliphatic rings. The van der Waals surface area contributed by atoms with Crippen molar-refractivity contribution in [2.75, 3.05) is 7.05 Å². The molecule has 0 aliphatic heterocycles. The maximum absolute atomic E-state index is 13.0. The summed E-state index contributed by atoms with van der Waals surface area (Å²) in [6.07, 6.45) is 1.86. The average Bonchev–Trinajstić information content (AvgIpc) is 2.82. The summed E-state index contributed by atoms with van der Waals surface area (Å²) in [7, 11) is 1.60. The number of amides is 2. The molecular weight excluding hydrogens is 416 g/mol. The van der Waals surface area contributed by atoms with E-state index < -0.39 is 18.1 Å². The highest BCUT2D eigenvalue weighted by molar-refractivity contribution is 5.94. The van der Waals surface area contributed by atoms with Crippen LogP contribution in [-0.4, -0.2) is 46.1 Å². The maximum Gasteiger partial charge on any atom is 0.271 e. The summed E-state index contributed by atoms with van der Waals surface area (Å²) in [5.74, 6) is -0.559. The number of nitrogens with zero attached hydrogens (tertiary/aromatic N) is 2. The van der Waals surface area contributed by atoms with Gasteiger partial charge < -0.3 is 15.7 Å². The molecule has 0 saturated heterocycles. The Morgan fingerprint density at radius 2 is 1.64 bits per heavy atom. The van der Waals surface area contributed by atoms with E-state index in [1.165, 1.54) is 6.20 Å². The number of carbonyl (C=O) groups is 2. The fourth-order valence-electron chi connectivity index (χ4n) is 4.00. The molecular formula is C26H32N4O3. The highest BCUT2D eigenvalue weighted by Crippen LogP contribution is 2.21. The first kappa shape index (κ1) is 24.3. The first-order valence-electron chi connectivity index (χ1n) is 11.3. The molecule has 174 valence electrons. The lowest BCUT2D eigenvalue weighted by Crippen LogP contribution is -2.47. The molecule has 0 bridgehead atoms. The van der Waals surface area contributed by atoms with E-state index in [4.69, 9.17) is 0 Å². The molecule has 0 saturated carbocycles. The minimum atomic E-state index is -0.913. The van der Waals surface area contributed by atoms with Crippen LogP contribution in [0, 0.1) is 11.8 Å². The Kier molecular flexibility index (Phi) is 8.49. The van der Waals surface area contributed by atoms with E-state index in [1.807, 2.05) is 62.4 Å². The zero-order chi connectivity index (χ0) is 23.8. The van der Waals surface area contributed by atoms with Gasteiger partial charge in [-0.2, -0.15) is 0 Å². The van der Waals surface area contributed by atoms with E-state index in [0.717, 1.165) is 5.56 Å². The van der Waals surface area contributed by atoms with Crippen LogP contribution in [0.5, 0.6) is 0 Å². The minimum Gasteiger partial charge on any atom is -0.391 e. The number of carbonyl (C=O) groups excluding carboxylic acids is 2. The van der Waals surface area contributed by atoms with E-state index in [0.29, 0.717) is 29.8 Å². The Bertz CT molecular complexity index is 1070. The molecule has 2 amide bonds. The lowest BCUT2D eigenvalue weighted by molar-refractivity contribution is -0.126. The molecule has 0 unspecified atom stereocenters. The molecule has 33 heavy (non-hydrogen) atoms. The number of nitrogens with one attached hydrogen (secondary N) is 2. The van der Waals surface area contributed by atoms with Gasteiger partial charge in [0.25, 0.3) is 5.91 Å². The second kappa shape index (κ2) is 11.5. The Morgan fingerprint density at radius 1 is 0.970 bits per heavy atom. The largest absolute Gasteiger partial charge is 0.391 e. The van der Waals surface area contributed by atoms with Gasteiger partial charge in [0, 0.05) is 13.0 Å². The molecule has 3 rings (SSSR count). The van der Waals surface area contributed by atoms with Crippen molar-refractivity contribution in [1.82, 2.24) is 20.6 Å². The van der Waals surface area contributed by atoms with Crippen LogP contribution in [0.1, 0.15) is 42.7 Å². The number of aromatic nitrogens is 2. The maximum atomic E-state index is 13.0. The summed E-state index contributed by atoms with van der Waals surface area (Å²) >= 11 is 0. The third kappa shape index (κ3) is 6.83. The van der Waals surface area contributed by atoms with Gasteiger partial charge >= 0.3 is 0 Å². The second-order valence-electron chi connectivity index (χ2n) is 8.76. The zero-order valence-electron chi connectivity index (χ0n) is 19.4. The number of hydrogen-bond acceptors (Lipinski definition) is 5. The van der Waals surface area contributed by atoms with Crippen LogP contribution in [0.3, 0.4) is 0 Å². The van der Waals surface area contributed by atoms with Crippen molar-refractivity contribution < 1.29 is 14.7 Å². The molecule has 0 fully saturated rings. The summed E-state index contributed by atoms with van der Waals surface area (Å²) in [6, 6.07) is 16.4. The van der Waals surface area contributed by atoms with Crippen LogP contribution in [0.15, 0.2) is 60.8 Å². The topological polar surface area (TPSA) is 104 Å². The van der Waals surface area contributed by atoms with Crippen molar-refractivity contribution in [3.8, 4) is 0 Å². The summed E-state index contributed by atoms with van der Waals surface area (Å²) in [5, 5.41) is 16.8. The zero-order valence-corrected chi connectivity index (χ0v) is 19.4. The fraction of sp³-hybridized carbons (Fsp3) is 0.385. The van der Waals surface area contributed by atoms with Crippen LogP contribution in [0.4, 0.5) is 0 Å². The molecule has 3 N–H and O–H groups in total. The van der Waals surface area contributed by atoms with E-state index in [9.17, 15) is 14.7 Å². The molecule has 0 spiro atoms. The second-order valence-corrected chi connectivity index (χ2v) is 8.76. The highest BCUT2D eigenvalue weighted by Gasteiger charge is 2.29. The van der Waals surface area contributed by atoms with Gasteiger partial charge in [0.1, 0.15) is 5.69 Å². The molecule has 3 aromatic rings. The highest BCUT2D eigenvalue weighted by atomic mass is 16.3. The smallest absolute Gasteiger partial charge is 0.271 e. The summed E-state index contributed by atoms with van der Waals surface area (Å²) < 4.78 is 0. The molecule has 2 aromatic carbocycles. The SMILES string of the molecule is CNC(=O)[C@@H](CC(C)C)C[C@H](O)[C@H](Cc1ccccc1)NC(=O)c1cnc2ccccc2n1. The third-order valence-electron chi connectivity index (χ3n) is 5.66. The van der Waals surface area contributed by atoms with E-state index in [-0.39, 0.29) is 23.9 Å². The van der Waals surface area contributed by atoms with Crippen LogP contribution in [-0.2, 0) is 11.2 Å². The first-order valence-corrected chi connectivity index (χ1v) is 11.3. The van der Waals surface area contributed by atoms with Crippen molar-refractivity contribution in [1.29, 1.82) is 0 Å². The van der Waals surface area contributed by atoms with Crippen molar-refractivity contribution in [3.63, 3.8) is 0 Å². The summed E-state index contributed by atoms with van der Waals surface area (Å²) in [6.45, 7) is 4.09. The van der Waals surface area contributed by atoms with Crippen molar-refractivity contribution in [2.24, 2.45) is 11.8 Å². The summed E-state index contributed by atoms with van der Waals surface area (Å²) in [5.41, 5.74) is 2.50. The molecule has 3 atom stereocenters. The number of aliphatic hydroxyl groups is 1. The van der Waals surface area contributed by atoms with Crippen molar-refractivity contribution in [2.45, 2.75) is 45.3 Å². The monoisotopic (exact) mass is 448 g/mol. The Hall–Kier alpha value is -3.32. The van der Waals surface area contributed by atoms with Gasteiger partial charge in [-0.15, -0.1) is 0 Å². The van der Waals surface area contributed by atoms with Gasteiger partial charge in [-0.25, -0.2) is 4.98 Å². The molecule has 7 heteroatoms. The number of aliphatic hydroxyl groups excluding tert-OH is 1.